The summed E-state index contributed by atoms with van der Waals surface area (Å²) in [6.45, 7) is 1.70. The largest absolute Gasteiger partial charge is 0.260 e. The summed E-state index contributed by atoms with van der Waals surface area (Å²) in [5, 5.41) is 0.0892. The maximum absolute atomic E-state index is 12.3. The lowest BCUT2D eigenvalue weighted by atomic mass is 10.3. The molecule has 0 heterocycles. The summed E-state index contributed by atoms with van der Waals surface area (Å²) < 4.78 is 38.6. The van der Waals surface area contributed by atoms with Gasteiger partial charge in [0.2, 0.25) is 10.0 Å². The first kappa shape index (κ1) is 18.4. The molecule has 0 saturated carbocycles. The van der Waals surface area contributed by atoms with Crippen molar-refractivity contribution in [2.24, 2.45) is 0 Å². The van der Waals surface area contributed by atoms with Crippen LogP contribution in [-0.2, 0) is 20.8 Å². The van der Waals surface area contributed by atoms with E-state index in [1.165, 1.54) is 12.1 Å². The molecule has 9 heteroatoms. The first-order valence-corrected chi connectivity index (χ1v) is 10.4. The monoisotopic (exact) mass is 421 g/mol. The molecule has 114 valence electrons. The molecule has 1 rings (SSSR count). The number of benzene rings is 1. The van der Waals surface area contributed by atoms with E-state index in [1.54, 1.807) is 13.2 Å². The minimum absolute atomic E-state index is 0.0446. The third-order valence-electron chi connectivity index (χ3n) is 2.43. The Morgan fingerprint density at radius 2 is 1.85 bits per heavy atom. The number of hydrogen-bond acceptors (Lipinski definition) is 3. The van der Waals surface area contributed by atoms with Crippen LogP contribution in [0, 0.1) is 0 Å². The molecule has 0 amide bonds. The normalized spacial score (nSPS) is 15.1. The van der Waals surface area contributed by atoms with E-state index in [4.69, 9.17) is 23.2 Å². The van der Waals surface area contributed by atoms with Crippen molar-refractivity contribution < 1.29 is 12.6 Å². The zero-order valence-electron chi connectivity index (χ0n) is 10.8. The van der Waals surface area contributed by atoms with Crippen LogP contribution in [-0.4, -0.2) is 30.7 Å². The first-order chi connectivity index (χ1) is 9.13. The summed E-state index contributed by atoms with van der Waals surface area (Å²) in [7, 11) is -4.78. The molecule has 2 unspecified atom stereocenters. The fourth-order valence-corrected chi connectivity index (χ4v) is 5.41. The number of halogens is 3. The molecular formula is C11H14BrCl2NO3S2. The summed E-state index contributed by atoms with van der Waals surface area (Å²) in [5.74, 6) is 0.422. The number of sulfonamides is 1. The molecule has 0 spiro atoms. The lowest BCUT2D eigenvalue weighted by molar-refractivity contribution is 0.556. The molecule has 1 aromatic carbocycles. The molecule has 0 saturated heterocycles. The van der Waals surface area contributed by atoms with E-state index >= 15 is 0 Å². The summed E-state index contributed by atoms with van der Waals surface area (Å²) in [6, 6.07) is 2.57. The molecule has 0 aliphatic carbocycles. The average Bonchev–Trinajstić information content (AvgIpc) is 2.23. The molecule has 0 aliphatic rings. The van der Waals surface area contributed by atoms with E-state index in [9.17, 15) is 12.6 Å². The smallest absolute Gasteiger partial charge is 0.243 e. The van der Waals surface area contributed by atoms with Crippen LogP contribution in [0.1, 0.15) is 13.3 Å². The van der Waals surface area contributed by atoms with Crippen molar-refractivity contribution in [2.75, 3.05) is 12.0 Å². The molecule has 0 aromatic heterocycles. The van der Waals surface area contributed by atoms with E-state index in [1.807, 2.05) is 0 Å². The minimum atomic E-state index is -3.82. The van der Waals surface area contributed by atoms with Crippen LogP contribution in [0.2, 0.25) is 10.0 Å². The Balaban J connectivity index is 2.97. The van der Waals surface area contributed by atoms with E-state index in [-0.39, 0.29) is 21.0 Å². The molecule has 0 fully saturated rings. The van der Waals surface area contributed by atoms with E-state index in [2.05, 4.69) is 20.7 Å². The number of nitrogens with one attached hydrogen (secondary N) is 1. The van der Waals surface area contributed by atoms with Crippen LogP contribution >= 0.6 is 39.1 Å². The van der Waals surface area contributed by atoms with Gasteiger partial charge in [0, 0.05) is 33.3 Å². The van der Waals surface area contributed by atoms with Crippen molar-refractivity contribution >= 4 is 60.0 Å². The molecule has 1 N–H and O–H groups in total. The Kier molecular flexibility index (Phi) is 6.95. The van der Waals surface area contributed by atoms with Crippen molar-refractivity contribution in [1.82, 2.24) is 4.72 Å². The van der Waals surface area contributed by atoms with Gasteiger partial charge >= 0.3 is 0 Å². The summed E-state index contributed by atoms with van der Waals surface area (Å²) in [6.07, 6.45) is 2.04. The average molecular weight is 423 g/mol. The van der Waals surface area contributed by atoms with Crippen molar-refractivity contribution in [3.05, 3.63) is 26.7 Å². The lowest BCUT2D eigenvalue weighted by Crippen LogP contribution is -2.33. The van der Waals surface area contributed by atoms with Crippen LogP contribution in [0.3, 0.4) is 0 Å². The number of hydrogen-bond donors (Lipinski definition) is 1. The zero-order valence-corrected chi connectivity index (χ0v) is 15.6. The molecule has 0 radical (unpaired) electrons. The van der Waals surface area contributed by atoms with E-state index in [0.717, 1.165) is 0 Å². The Morgan fingerprint density at radius 1 is 1.35 bits per heavy atom. The van der Waals surface area contributed by atoms with Gasteiger partial charge in [-0.15, -0.1) is 0 Å². The van der Waals surface area contributed by atoms with Crippen molar-refractivity contribution in [3.8, 4) is 0 Å². The van der Waals surface area contributed by atoms with Gasteiger partial charge < -0.3 is 0 Å². The predicted octanol–water partition coefficient (Wildman–Crippen LogP) is 3.19. The molecule has 2 atom stereocenters. The van der Waals surface area contributed by atoms with Crippen LogP contribution in [0.5, 0.6) is 0 Å². The van der Waals surface area contributed by atoms with Gasteiger partial charge in [-0.3, -0.25) is 4.21 Å². The molecular weight excluding hydrogens is 409 g/mol. The Bertz CT molecular complexity index is 599. The van der Waals surface area contributed by atoms with Crippen LogP contribution in [0.4, 0.5) is 0 Å². The third-order valence-corrected chi connectivity index (χ3v) is 6.21. The first-order valence-electron chi connectivity index (χ1n) is 5.60. The second kappa shape index (κ2) is 7.56. The van der Waals surface area contributed by atoms with Gasteiger partial charge in [-0.25, -0.2) is 13.1 Å². The fourth-order valence-electron chi connectivity index (χ4n) is 1.51. The molecule has 20 heavy (non-hydrogen) atoms. The van der Waals surface area contributed by atoms with Gasteiger partial charge in [-0.05, 0) is 25.5 Å². The minimum Gasteiger partial charge on any atom is -0.260 e. The zero-order chi connectivity index (χ0) is 15.5. The summed E-state index contributed by atoms with van der Waals surface area (Å²) >= 11 is 15.1. The Hall–Kier alpha value is 0.340. The maximum Gasteiger partial charge on any atom is 0.243 e. The van der Waals surface area contributed by atoms with Gasteiger partial charge in [-0.1, -0.05) is 39.1 Å². The second-order valence-corrected chi connectivity index (χ2v) is 9.22. The molecule has 1 aromatic rings. The van der Waals surface area contributed by atoms with E-state index < -0.39 is 20.8 Å². The van der Waals surface area contributed by atoms with Gasteiger partial charge in [0.1, 0.15) is 4.90 Å². The third kappa shape index (κ3) is 5.27. The van der Waals surface area contributed by atoms with Crippen molar-refractivity contribution in [1.29, 1.82) is 0 Å². The highest BCUT2D eigenvalue weighted by Gasteiger charge is 2.24. The molecule has 0 bridgehead atoms. The summed E-state index contributed by atoms with van der Waals surface area (Å²) in [4.78, 5) is -0.145. The van der Waals surface area contributed by atoms with E-state index in [0.29, 0.717) is 16.6 Å². The highest BCUT2D eigenvalue weighted by Crippen LogP contribution is 2.32. The van der Waals surface area contributed by atoms with Gasteiger partial charge in [-0.2, -0.15) is 0 Å². The summed E-state index contributed by atoms with van der Waals surface area (Å²) in [5.41, 5.74) is 0. The molecule has 0 aliphatic heterocycles. The SMILES string of the molecule is CC(CCS(C)=O)NS(=O)(=O)c1c(Cl)cc(Br)cc1Cl. The second-order valence-electron chi connectivity index (χ2n) is 4.29. The fraction of sp³-hybridized carbons (Fsp3) is 0.455. The Labute approximate surface area is 139 Å². The van der Waals surface area contributed by atoms with Crippen molar-refractivity contribution in [2.45, 2.75) is 24.3 Å². The Morgan fingerprint density at radius 3 is 2.30 bits per heavy atom. The van der Waals surface area contributed by atoms with Crippen LogP contribution in [0.25, 0.3) is 0 Å². The quantitative estimate of drug-likeness (QED) is 0.765. The van der Waals surface area contributed by atoms with Gasteiger partial charge in [0.05, 0.1) is 10.0 Å². The van der Waals surface area contributed by atoms with Crippen LogP contribution in [0.15, 0.2) is 21.5 Å². The van der Waals surface area contributed by atoms with Crippen molar-refractivity contribution in [3.63, 3.8) is 0 Å². The van der Waals surface area contributed by atoms with Crippen LogP contribution < -0.4 is 4.72 Å². The molecule has 4 nitrogen and oxygen atoms in total. The topological polar surface area (TPSA) is 63.2 Å². The highest BCUT2D eigenvalue weighted by atomic mass is 79.9. The predicted molar refractivity (Wildman–Crippen MR) is 87.5 cm³/mol. The standard InChI is InChI=1S/C11H14BrCl2NO3S2/c1-7(3-4-19(2)16)15-20(17,18)11-9(13)5-8(12)6-10(11)14/h5-7,15H,3-4H2,1-2H3. The lowest BCUT2D eigenvalue weighted by Gasteiger charge is -2.15. The van der Waals surface area contributed by atoms with Gasteiger partial charge in [0.25, 0.3) is 0 Å². The van der Waals surface area contributed by atoms with Gasteiger partial charge in [0.15, 0.2) is 0 Å². The highest BCUT2D eigenvalue weighted by molar-refractivity contribution is 9.10. The maximum atomic E-state index is 12.3. The number of rotatable bonds is 6.